The number of rotatable bonds is 8. The van der Waals surface area contributed by atoms with Crippen molar-refractivity contribution in [2.75, 3.05) is 0 Å². The SMILES string of the molecule is c1ccc(-c2ccc(-n3c4ccccc4c4c5c6ccc7ccccc7c6n(-c6ccc(-c7ccccc7)cc6)c5ccc43)cc2)cc1.c1ccc(-n2c3ccccc3c3c4c5ccc6ccccc6c5n(-c5ccccc5)c4ccc32)cc1.c1ccc(-n2c3ccccc3c3ccc4c(c5ccc6ccccc6c5n4-c4ccc5c(ccc6ccccc65)c4)c32)cc1. The van der Waals surface area contributed by atoms with E-state index >= 15 is 0 Å². The normalized spacial score (nSPS) is 11.9. The zero-order valence-corrected chi connectivity index (χ0v) is 69.7. The Morgan fingerprint density at radius 3 is 0.812 bits per heavy atom. The third-order valence-corrected chi connectivity index (χ3v) is 26.8. The number of para-hydroxylation sites is 6. The molecule has 0 N–H and O–H groups in total. The Bertz CT molecular complexity index is 9340. The van der Waals surface area contributed by atoms with Crippen LogP contribution >= 0.6 is 0 Å². The van der Waals surface area contributed by atoms with Crippen LogP contribution < -0.4 is 0 Å². The van der Waals surface area contributed by atoms with Crippen LogP contribution in [0, 0.1) is 0 Å². The molecule has 0 atom stereocenters. The predicted octanol–water partition coefficient (Wildman–Crippen LogP) is 32.7. The number of aromatic nitrogens is 6. The van der Waals surface area contributed by atoms with Gasteiger partial charge in [-0.25, -0.2) is 0 Å². The van der Waals surface area contributed by atoms with Gasteiger partial charge in [0, 0.05) is 115 Å². The molecular formula is C122H78N6. The largest absolute Gasteiger partial charge is 0.309 e. The molecule has 6 nitrogen and oxygen atoms in total. The van der Waals surface area contributed by atoms with E-state index in [0.717, 1.165) is 11.4 Å². The van der Waals surface area contributed by atoms with Crippen LogP contribution in [0.5, 0.6) is 0 Å². The van der Waals surface area contributed by atoms with Gasteiger partial charge in [0.1, 0.15) is 0 Å². The molecule has 0 fully saturated rings. The summed E-state index contributed by atoms with van der Waals surface area (Å²) in [7, 11) is 0. The number of fused-ring (bicyclic) bond motifs is 30. The Labute approximate surface area is 736 Å². The molecule has 0 bridgehead atoms. The van der Waals surface area contributed by atoms with Gasteiger partial charge in [-0.05, 0) is 181 Å². The zero-order chi connectivity index (χ0) is 84.0. The first-order valence-electron chi connectivity index (χ1n) is 44.1. The Kier molecular flexibility index (Phi) is 16.6. The summed E-state index contributed by atoms with van der Waals surface area (Å²) in [6, 6.07) is 172. The summed E-state index contributed by atoms with van der Waals surface area (Å²) in [5.74, 6) is 0. The molecule has 0 radical (unpaired) electrons. The van der Waals surface area contributed by atoms with Crippen molar-refractivity contribution in [3.05, 3.63) is 473 Å². The summed E-state index contributed by atoms with van der Waals surface area (Å²) in [6.07, 6.45) is 0. The fourth-order valence-electron chi connectivity index (χ4n) is 21.3. The maximum absolute atomic E-state index is 2.49. The van der Waals surface area contributed by atoms with Gasteiger partial charge in [-0.3, -0.25) is 0 Å². The smallest absolute Gasteiger partial charge is 0.0641 e. The highest BCUT2D eigenvalue weighted by molar-refractivity contribution is 6.34. The Hall–Kier alpha value is -17.1. The lowest BCUT2D eigenvalue weighted by atomic mass is 10.0. The Balaban J connectivity index is 0.000000103. The van der Waals surface area contributed by atoms with Gasteiger partial charge in [0.25, 0.3) is 0 Å². The first-order valence-corrected chi connectivity index (χ1v) is 44.1. The van der Waals surface area contributed by atoms with Gasteiger partial charge in [0.05, 0.1) is 66.2 Å². The molecule has 0 saturated heterocycles. The van der Waals surface area contributed by atoms with Crippen molar-refractivity contribution in [2.24, 2.45) is 0 Å². The summed E-state index contributed by atoms with van der Waals surface area (Å²) >= 11 is 0. The number of hydrogen-bond acceptors (Lipinski definition) is 0. The average Bonchev–Trinajstić information content (AvgIpc) is 1.54. The Morgan fingerprint density at radius 1 is 0.109 bits per heavy atom. The third kappa shape index (κ3) is 11.2. The van der Waals surface area contributed by atoms with Crippen molar-refractivity contribution in [1.82, 2.24) is 27.4 Å². The third-order valence-electron chi connectivity index (χ3n) is 26.8. The molecule has 0 aliphatic carbocycles. The van der Waals surface area contributed by atoms with Crippen LogP contribution in [-0.2, 0) is 0 Å². The first-order chi connectivity index (χ1) is 63.6. The van der Waals surface area contributed by atoms with Gasteiger partial charge >= 0.3 is 0 Å². The van der Waals surface area contributed by atoms with E-state index in [9.17, 15) is 0 Å². The van der Waals surface area contributed by atoms with Crippen molar-refractivity contribution >= 4 is 185 Å². The van der Waals surface area contributed by atoms with E-state index in [1.54, 1.807) is 0 Å². The van der Waals surface area contributed by atoms with Crippen molar-refractivity contribution in [3.8, 4) is 56.4 Å². The van der Waals surface area contributed by atoms with Gasteiger partial charge in [0.15, 0.2) is 0 Å². The molecule has 0 saturated carbocycles. The summed E-state index contributed by atoms with van der Waals surface area (Å²) in [4.78, 5) is 0. The molecule has 6 aromatic heterocycles. The van der Waals surface area contributed by atoms with Crippen LogP contribution in [0.2, 0.25) is 0 Å². The maximum atomic E-state index is 2.49. The Morgan fingerprint density at radius 2 is 0.359 bits per heavy atom. The van der Waals surface area contributed by atoms with E-state index in [0.29, 0.717) is 0 Å². The molecule has 0 spiro atoms. The summed E-state index contributed by atoms with van der Waals surface area (Å²) < 4.78 is 14.7. The van der Waals surface area contributed by atoms with Gasteiger partial charge < -0.3 is 27.4 Å². The van der Waals surface area contributed by atoms with Crippen molar-refractivity contribution in [3.63, 3.8) is 0 Å². The van der Waals surface area contributed by atoms with E-state index in [-0.39, 0.29) is 0 Å². The van der Waals surface area contributed by atoms with Gasteiger partial charge in [-0.15, -0.1) is 0 Å². The fourth-order valence-corrected chi connectivity index (χ4v) is 21.3. The standard InChI is InChI=1S/C46H30N2.C42H26N2.C34H22N2/c1-3-11-31(12-4-1)33-19-24-36(25-20-33)47-41-18-10-9-17-39(41)44-42(47)29-30-43-45(44)40-28-23-35-15-7-8-16-38(35)46(40)48(43)37-26-21-34(22-27-37)32-13-5-2-6-14-32;1-2-12-30(13-3-1)43-38-17-9-8-16-35(38)36-24-25-39-40(42(36)43)37-22-20-28-11-5-7-15-34(28)41(37)44(39)31-21-23-33-29(26-31)19-18-27-10-4-6-14-32(27)33;1-3-12-24(13-4-1)35-29-18-10-9-17-27(29)32-30(35)21-22-31-33(32)28-20-19-23-11-7-8-16-26(23)34(28)36(31)25-14-5-2-6-15-25/h1-30H;1-26H;1-22H. The number of benzene rings is 22. The van der Waals surface area contributed by atoms with Crippen LogP contribution in [-0.4, -0.2) is 27.4 Å². The van der Waals surface area contributed by atoms with Crippen LogP contribution in [0.25, 0.3) is 241 Å². The van der Waals surface area contributed by atoms with Crippen molar-refractivity contribution in [1.29, 1.82) is 0 Å². The molecule has 0 aliphatic heterocycles. The zero-order valence-electron chi connectivity index (χ0n) is 69.7. The second-order valence-electron chi connectivity index (χ2n) is 33.7. The number of nitrogens with zero attached hydrogens (tertiary/aromatic N) is 6. The molecule has 6 heteroatoms. The molecular weight excluding hydrogens is 1550 g/mol. The molecule has 28 aromatic rings. The second kappa shape index (κ2) is 29.3. The maximum Gasteiger partial charge on any atom is 0.0641 e. The minimum absolute atomic E-state index is 1.16. The first kappa shape index (κ1) is 72.6. The lowest BCUT2D eigenvalue weighted by Crippen LogP contribution is -1.96. The second-order valence-corrected chi connectivity index (χ2v) is 33.7. The lowest BCUT2D eigenvalue weighted by molar-refractivity contribution is 1.17. The fraction of sp³-hybridized carbons (Fsp3) is 0. The van der Waals surface area contributed by atoms with E-state index in [1.807, 2.05) is 0 Å². The van der Waals surface area contributed by atoms with E-state index in [2.05, 4.69) is 501 Å². The van der Waals surface area contributed by atoms with E-state index < -0.39 is 0 Å². The number of hydrogen-bond donors (Lipinski definition) is 0. The predicted molar refractivity (Wildman–Crippen MR) is 544 cm³/mol. The van der Waals surface area contributed by atoms with Gasteiger partial charge in [0.2, 0.25) is 0 Å². The monoisotopic (exact) mass is 1630 g/mol. The van der Waals surface area contributed by atoms with Crippen molar-refractivity contribution in [2.45, 2.75) is 0 Å². The van der Waals surface area contributed by atoms with Gasteiger partial charge in [-0.1, -0.05) is 352 Å². The topological polar surface area (TPSA) is 29.6 Å². The molecule has 0 unspecified atom stereocenters. The molecule has 128 heavy (non-hydrogen) atoms. The van der Waals surface area contributed by atoms with Crippen LogP contribution in [0.3, 0.4) is 0 Å². The molecule has 596 valence electrons. The molecule has 22 aromatic carbocycles. The summed E-state index contributed by atoms with van der Waals surface area (Å²) in [5.41, 5.74) is 26.7. The molecule has 28 rings (SSSR count). The van der Waals surface area contributed by atoms with Crippen LogP contribution in [0.15, 0.2) is 473 Å². The minimum atomic E-state index is 1.16. The van der Waals surface area contributed by atoms with Crippen LogP contribution in [0.4, 0.5) is 0 Å². The molecule has 0 amide bonds. The molecule has 0 aliphatic rings. The highest BCUT2D eigenvalue weighted by atomic mass is 15.0. The van der Waals surface area contributed by atoms with Gasteiger partial charge in [-0.2, -0.15) is 0 Å². The van der Waals surface area contributed by atoms with Crippen molar-refractivity contribution < 1.29 is 0 Å². The quantitative estimate of drug-likeness (QED) is 0.136. The molecule has 6 heterocycles. The highest BCUT2D eigenvalue weighted by Gasteiger charge is 2.27. The average molecular weight is 1630 g/mol. The van der Waals surface area contributed by atoms with Crippen LogP contribution in [0.1, 0.15) is 0 Å². The van der Waals surface area contributed by atoms with E-state index in [1.165, 1.54) is 230 Å². The minimum Gasteiger partial charge on any atom is -0.309 e. The summed E-state index contributed by atoms with van der Waals surface area (Å²) in [6.45, 7) is 0. The lowest BCUT2D eigenvalue weighted by Gasteiger charge is -2.12. The summed E-state index contributed by atoms with van der Waals surface area (Å²) in [5, 5.41) is 28.0. The van der Waals surface area contributed by atoms with E-state index in [4.69, 9.17) is 0 Å². The highest BCUT2D eigenvalue weighted by Crippen LogP contribution is 2.50.